The third-order valence-corrected chi connectivity index (χ3v) is 3.63. The van der Waals surface area contributed by atoms with Crippen LogP contribution in [-0.4, -0.2) is 0 Å². The smallest absolute Gasteiger partial charge is 0.355 e. The van der Waals surface area contributed by atoms with E-state index >= 15 is 0 Å². The molecule has 3 rings (SSSR count). The van der Waals surface area contributed by atoms with Gasteiger partial charge in [0.05, 0.1) is 11.1 Å². The Kier molecular flexibility index (Phi) is 4.10. The summed E-state index contributed by atoms with van der Waals surface area (Å²) in [5.41, 5.74) is -2.60. The summed E-state index contributed by atoms with van der Waals surface area (Å²) in [7, 11) is 0. The first-order valence-corrected chi connectivity index (χ1v) is 7.18. The van der Waals surface area contributed by atoms with Gasteiger partial charge < -0.3 is 5.32 Å². The summed E-state index contributed by atoms with van der Waals surface area (Å²) in [6.07, 6.45) is -9.75. The molecule has 3 aromatic rings. The lowest BCUT2D eigenvalue weighted by Crippen LogP contribution is -2.11. The Balaban J connectivity index is 2.03. The summed E-state index contributed by atoms with van der Waals surface area (Å²) in [4.78, 5) is 0. The number of anilines is 2. The monoisotopic (exact) mass is 355 g/mol. The van der Waals surface area contributed by atoms with Gasteiger partial charge in [0.25, 0.3) is 0 Å². The lowest BCUT2D eigenvalue weighted by Gasteiger charge is -2.15. The molecule has 130 valence electrons. The number of hydrogen-bond donors (Lipinski definition) is 1. The van der Waals surface area contributed by atoms with Crippen molar-refractivity contribution in [2.24, 2.45) is 0 Å². The third-order valence-electron chi connectivity index (χ3n) is 3.63. The molecule has 0 bridgehead atoms. The molecule has 0 fully saturated rings. The normalized spacial score (nSPS) is 12.4. The van der Waals surface area contributed by atoms with Crippen LogP contribution in [0.1, 0.15) is 11.1 Å². The molecule has 0 saturated carbocycles. The SMILES string of the molecule is FC(F)(F)c1cc(Nc2ccc3ccccc3c2)cc(C(F)(F)F)c1. The van der Waals surface area contributed by atoms with E-state index in [0.717, 1.165) is 10.8 Å². The molecule has 0 radical (unpaired) electrons. The molecular formula is C18H11F6N. The number of hydrogen-bond acceptors (Lipinski definition) is 1. The van der Waals surface area contributed by atoms with Crippen molar-refractivity contribution in [1.29, 1.82) is 0 Å². The van der Waals surface area contributed by atoms with Gasteiger partial charge >= 0.3 is 12.4 Å². The van der Waals surface area contributed by atoms with Crippen molar-refractivity contribution in [3.8, 4) is 0 Å². The van der Waals surface area contributed by atoms with Crippen LogP contribution in [0.3, 0.4) is 0 Å². The molecule has 3 aromatic carbocycles. The molecule has 0 aliphatic carbocycles. The van der Waals surface area contributed by atoms with Gasteiger partial charge in [0, 0.05) is 11.4 Å². The molecule has 1 nitrogen and oxygen atoms in total. The van der Waals surface area contributed by atoms with Crippen LogP contribution in [0.2, 0.25) is 0 Å². The van der Waals surface area contributed by atoms with Crippen LogP contribution in [0.5, 0.6) is 0 Å². The summed E-state index contributed by atoms with van der Waals surface area (Å²) in [5.74, 6) is 0. The van der Waals surface area contributed by atoms with Crippen molar-refractivity contribution < 1.29 is 26.3 Å². The standard InChI is InChI=1S/C18H11F6N/c19-17(20,21)13-8-14(18(22,23)24)10-16(9-13)25-15-6-5-11-3-1-2-4-12(11)7-15/h1-10,25H. The van der Waals surface area contributed by atoms with Gasteiger partial charge in [-0.15, -0.1) is 0 Å². The Morgan fingerprint density at radius 2 is 1.12 bits per heavy atom. The molecule has 0 atom stereocenters. The molecular weight excluding hydrogens is 344 g/mol. The summed E-state index contributed by atoms with van der Waals surface area (Å²) >= 11 is 0. The van der Waals surface area contributed by atoms with Crippen LogP contribution in [0.4, 0.5) is 37.7 Å². The van der Waals surface area contributed by atoms with Gasteiger partial charge in [-0.05, 0) is 41.1 Å². The highest BCUT2D eigenvalue weighted by molar-refractivity contribution is 5.86. The Bertz CT molecular complexity index is 879. The molecule has 0 heterocycles. The zero-order chi connectivity index (χ0) is 18.2. The maximum Gasteiger partial charge on any atom is 0.416 e. The van der Waals surface area contributed by atoms with Crippen LogP contribution in [0.15, 0.2) is 60.7 Å². The summed E-state index contributed by atoms with van der Waals surface area (Å²) in [5, 5.41) is 4.35. The lowest BCUT2D eigenvalue weighted by molar-refractivity contribution is -0.143. The molecule has 0 spiro atoms. The first-order chi connectivity index (χ1) is 11.6. The minimum Gasteiger partial charge on any atom is -0.355 e. The second kappa shape index (κ2) is 5.98. The van der Waals surface area contributed by atoms with Crippen LogP contribution in [0.25, 0.3) is 10.8 Å². The van der Waals surface area contributed by atoms with Gasteiger partial charge in [0.2, 0.25) is 0 Å². The molecule has 7 heteroatoms. The Morgan fingerprint density at radius 3 is 1.68 bits per heavy atom. The molecule has 0 aliphatic heterocycles. The van der Waals surface area contributed by atoms with Crippen LogP contribution < -0.4 is 5.32 Å². The van der Waals surface area contributed by atoms with Crippen molar-refractivity contribution in [1.82, 2.24) is 0 Å². The number of benzene rings is 3. The molecule has 0 unspecified atom stereocenters. The fourth-order valence-electron chi connectivity index (χ4n) is 2.46. The molecule has 0 saturated heterocycles. The third kappa shape index (κ3) is 3.87. The van der Waals surface area contributed by atoms with E-state index in [1.807, 2.05) is 12.1 Å². The Hall–Kier alpha value is -2.70. The van der Waals surface area contributed by atoms with Gasteiger partial charge in [0.1, 0.15) is 0 Å². The van der Waals surface area contributed by atoms with Crippen molar-refractivity contribution >= 4 is 22.1 Å². The van der Waals surface area contributed by atoms with Crippen LogP contribution in [0, 0.1) is 0 Å². The fourth-order valence-corrected chi connectivity index (χ4v) is 2.46. The highest BCUT2D eigenvalue weighted by Gasteiger charge is 2.36. The van der Waals surface area contributed by atoms with Crippen molar-refractivity contribution in [3.05, 3.63) is 71.8 Å². The molecule has 1 N–H and O–H groups in total. The minimum atomic E-state index is -4.87. The molecule has 0 aromatic heterocycles. The maximum atomic E-state index is 12.9. The zero-order valence-corrected chi connectivity index (χ0v) is 12.5. The number of fused-ring (bicyclic) bond motifs is 1. The number of rotatable bonds is 2. The molecule has 0 aliphatic rings. The second-order valence-electron chi connectivity index (χ2n) is 5.48. The van der Waals surface area contributed by atoms with E-state index in [4.69, 9.17) is 0 Å². The first kappa shape index (κ1) is 17.1. The van der Waals surface area contributed by atoms with Crippen molar-refractivity contribution in [2.75, 3.05) is 5.32 Å². The average Bonchev–Trinajstić information content (AvgIpc) is 2.53. The molecule has 0 amide bonds. The van der Waals surface area contributed by atoms with Gasteiger partial charge in [-0.3, -0.25) is 0 Å². The van der Waals surface area contributed by atoms with Crippen LogP contribution >= 0.6 is 0 Å². The first-order valence-electron chi connectivity index (χ1n) is 7.18. The topological polar surface area (TPSA) is 12.0 Å². The number of halogens is 6. The van der Waals surface area contributed by atoms with Gasteiger partial charge in [0.15, 0.2) is 0 Å². The van der Waals surface area contributed by atoms with E-state index in [1.165, 1.54) is 0 Å². The van der Waals surface area contributed by atoms with Crippen LogP contribution in [-0.2, 0) is 12.4 Å². The maximum absolute atomic E-state index is 12.9. The largest absolute Gasteiger partial charge is 0.416 e. The highest BCUT2D eigenvalue weighted by atomic mass is 19.4. The molecule has 25 heavy (non-hydrogen) atoms. The summed E-state index contributed by atoms with van der Waals surface area (Å²) in [6.45, 7) is 0. The average molecular weight is 355 g/mol. The second-order valence-corrected chi connectivity index (χ2v) is 5.48. The van der Waals surface area contributed by atoms with Crippen molar-refractivity contribution in [3.63, 3.8) is 0 Å². The van der Waals surface area contributed by atoms with E-state index in [-0.39, 0.29) is 11.8 Å². The van der Waals surface area contributed by atoms with E-state index in [9.17, 15) is 26.3 Å². The fraction of sp³-hybridized carbons (Fsp3) is 0.111. The summed E-state index contributed by atoms with van der Waals surface area (Å²) in [6, 6.07) is 13.7. The van der Waals surface area contributed by atoms with Gasteiger partial charge in [-0.2, -0.15) is 26.3 Å². The predicted molar refractivity (Wildman–Crippen MR) is 83.7 cm³/mol. The van der Waals surface area contributed by atoms with Gasteiger partial charge in [-0.1, -0.05) is 30.3 Å². The predicted octanol–water partition coefficient (Wildman–Crippen LogP) is 6.62. The Labute approximate surface area is 138 Å². The van der Waals surface area contributed by atoms with E-state index < -0.39 is 23.5 Å². The number of alkyl halides is 6. The quantitative estimate of drug-likeness (QED) is 0.509. The highest BCUT2D eigenvalue weighted by Crippen LogP contribution is 2.38. The summed E-state index contributed by atoms with van der Waals surface area (Å²) < 4.78 is 77.3. The lowest BCUT2D eigenvalue weighted by atomic mass is 10.1. The number of nitrogens with one attached hydrogen (secondary N) is 1. The minimum absolute atomic E-state index is 0.103. The van der Waals surface area contributed by atoms with E-state index in [0.29, 0.717) is 17.8 Å². The zero-order valence-electron chi connectivity index (χ0n) is 12.5. The van der Waals surface area contributed by atoms with E-state index in [2.05, 4.69) is 5.32 Å². The van der Waals surface area contributed by atoms with E-state index in [1.54, 1.807) is 30.3 Å². The Morgan fingerprint density at radius 1 is 0.560 bits per heavy atom. The van der Waals surface area contributed by atoms with Gasteiger partial charge in [-0.25, -0.2) is 0 Å². The van der Waals surface area contributed by atoms with Crippen molar-refractivity contribution in [2.45, 2.75) is 12.4 Å².